The molecule has 0 radical (unpaired) electrons. The number of rotatable bonds is 8. The first kappa shape index (κ1) is 13.8. The van der Waals surface area contributed by atoms with Crippen LogP contribution in [0.2, 0.25) is 0 Å². The van der Waals surface area contributed by atoms with Crippen LogP contribution >= 0.6 is 0 Å². The molecule has 2 rings (SSSR count). The van der Waals surface area contributed by atoms with Crippen LogP contribution in [0.4, 0.5) is 0 Å². The van der Waals surface area contributed by atoms with Gasteiger partial charge in [-0.1, -0.05) is 0 Å². The van der Waals surface area contributed by atoms with Crippen LogP contribution < -0.4 is 4.72 Å². The molecule has 6 nitrogen and oxygen atoms in total. The van der Waals surface area contributed by atoms with Crippen molar-refractivity contribution in [3.05, 3.63) is 0 Å². The molecular weight excluding hydrogens is 256 g/mol. The average Bonchev–Trinajstić information content (AvgIpc) is 3.16. The molecule has 0 aromatic rings. The van der Waals surface area contributed by atoms with E-state index in [2.05, 4.69) is 4.72 Å². The molecule has 0 aromatic carbocycles. The zero-order valence-corrected chi connectivity index (χ0v) is 11.3. The summed E-state index contributed by atoms with van der Waals surface area (Å²) in [5.41, 5.74) is 0. The maximum Gasteiger partial charge on any atom is 0.304 e. The lowest BCUT2D eigenvalue weighted by atomic mass is 10.1. The fourth-order valence-electron chi connectivity index (χ4n) is 2.12. The molecule has 18 heavy (non-hydrogen) atoms. The van der Waals surface area contributed by atoms with Gasteiger partial charge < -0.3 is 5.11 Å². The molecule has 0 heterocycles. The van der Waals surface area contributed by atoms with Gasteiger partial charge in [0.2, 0.25) is 0 Å². The Morgan fingerprint density at radius 3 is 2.22 bits per heavy atom. The van der Waals surface area contributed by atoms with E-state index >= 15 is 0 Å². The highest BCUT2D eigenvalue weighted by Crippen LogP contribution is 2.44. The van der Waals surface area contributed by atoms with Gasteiger partial charge in [0.05, 0.1) is 6.42 Å². The van der Waals surface area contributed by atoms with Gasteiger partial charge in [0, 0.05) is 19.6 Å². The Morgan fingerprint density at radius 2 is 1.83 bits per heavy atom. The summed E-state index contributed by atoms with van der Waals surface area (Å²) in [6.07, 6.45) is 4.23. The third-order valence-corrected chi connectivity index (χ3v) is 5.17. The Hall–Kier alpha value is -0.660. The minimum absolute atomic E-state index is 0.00667. The standard InChI is InChI=1S/C11H20N2O4S/c1-13(7-6-10(14)15)18(16,17)12-11(8-2-3-8)9-4-5-9/h8-9,11-12H,2-7H2,1H3,(H,14,15). The Morgan fingerprint density at radius 1 is 1.33 bits per heavy atom. The number of hydrogen-bond donors (Lipinski definition) is 2. The van der Waals surface area contributed by atoms with Crippen molar-refractivity contribution in [2.24, 2.45) is 11.8 Å². The van der Waals surface area contributed by atoms with Gasteiger partial charge in [-0.05, 0) is 37.5 Å². The van der Waals surface area contributed by atoms with E-state index in [-0.39, 0.29) is 19.0 Å². The summed E-state index contributed by atoms with van der Waals surface area (Å²) in [7, 11) is -2.13. The van der Waals surface area contributed by atoms with Crippen molar-refractivity contribution in [3.63, 3.8) is 0 Å². The number of aliphatic carboxylic acids is 1. The van der Waals surface area contributed by atoms with E-state index in [0.29, 0.717) is 11.8 Å². The van der Waals surface area contributed by atoms with Crippen molar-refractivity contribution in [1.29, 1.82) is 0 Å². The van der Waals surface area contributed by atoms with Gasteiger partial charge in [-0.2, -0.15) is 17.4 Å². The van der Waals surface area contributed by atoms with Gasteiger partial charge >= 0.3 is 5.97 Å². The quantitative estimate of drug-likeness (QED) is 0.672. The molecule has 0 unspecified atom stereocenters. The SMILES string of the molecule is CN(CCC(=O)O)S(=O)(=O)NC(C1CC1)C1CC1. The second-order valence-electron chi connectivity index (χ2n) is 5.29. The van der Waals surface area contributed by atoms with Gasteiger partial charge in [-0.25, -0.2) is 0 Å². The van der Waals surface area contributed by atoms with Crippen molar-refractivity contribution in [1.82, 2.24) is 9.03 Å². The fraction of sp³-hybridized carbons (Fsp3) is 0.909. The third-order valence-electron chi connectivity index (χ3n) is 3.60. The lowest BCUT2D eigenvalue weighted by Gasteiger charge is -2.22. The molecule has 0 amide bonds. The smallest absolute Gasteiger partial charge is 0.304 e. The third kappa shape index (κ3) is 3.66. The minimum atomic E-state index is -3.55. The van der Waals surface area contributed by atoms with E-state index in [4.69, 9.17) is 5.11 Å². The largest absolute Gasteiger partial charge is 0.481 e. The van der Waals surface area contributed by atoms with E-state index < -0.39 is 16.2 Å². The number of nitrogens with zero attached hydrogens (tertiary/aromatic N) is 1. The molecule has 2 saturated carbocycles. The van der Waals surface area contributed by atoms with E-state index in [1.54, 1.807) is 0 Å². The van der Waals surface area contributed by atoms with Crippen LogP contribution in [0.5, 0.6) is 0 Å². The van der Waals surface area contributed by atoms with Crippen LogP contribution in [-0.4, -0.2) is 43.4 Å². The zero-order valence-electron chi connectivity index (χ0n) is 10.5. The molecule has 0 aromatic heterocycles. The highest BCUT2D eigenvalue weighted by Gasteiger charge is 2.43. The molecule has 2 fully saturated rings. The van der Waals surface area contributed by atoms with E-state index in [1.807, 2.05) is 0 Å². The number of carboxylic acids is 1. The van der Waals surface area contributed by atoms with Crippen LogP contribution in [0.3, 0.4) is 0 Å². The summed E-state index contributed by atoms with van der Waals surface area (Å²) in [6, 6.07) is 0.0577. The van der Waals surface area contributed by atoms with Crippen LogP contribution in [0, 0.1) is 11.8 Å². The number of nitrogens with one attached hydrogen (secondary N) is 1. The fourth-order valence-corrected chi connectivity index (χ4v) is 3.36. The first-order valence-corrected chi connectivity index (χ1v) is 7.79. The molecule has 2 aliphatic rings. The molecule has 0 bridgehead atoms. The zero-order chi connectivity index (χ0) is 13.3. The molecule has 104 valence electrons. The van der Waals surface area contributed by atoms with Crippen molar-refractivity contribution < 1.29 is 18.3 Å². The number of carboxylic acid groups (broad SMARTS) is 1. The van der Waals surface area contributed by atoms with Crippen LogP contribution in [0.25, 0.3) is 0 Å². The highest BCUT2D eigenvalue weighted by atomic mass is 32.2. The normalized spacial score (nSPS) is 20.6. The molecule has 2 aliphatic carbocycles. The summed E-state index contributed by atoms with van der Waals surface area (Å²) in [5.74, 6) is -0.0155. The minimum Gasteiger partial charge on any atom is -0.481 e. The molecule has 2 N–H and O–H groups in total. The van der Waals surface area contributed by atoms with Crippen molar-refractivity contribution in [2.75, 3.05) is 13.6 Å². The van der Waals surface area contributed by atoms with E-state index in [0.717, 1.165) is 30.0 Å². The monoisotopic (exact) mass is 276 g/mol. The van der Waals surface area contributed by atoms with Crippen LogP contribution in [-0.2, 0) is 15.0 Å². The second kappa shape index (κ2) is 5.14. The van der Waals surface area contributed by atoms with Crippen molar-refractivity contribution >= 4 is 16.2 Å². The van der Waals surface area contributed by atoms with Gasteiger partial charge in [-0.3, -0.25) is 4.79 Å². The first-order chi connectivity index (χ1) is 8.40. The summed E-state index contributed by atoms with van der Waals surface area (Å²) < 4.78 is 27.9. The lowest BCUT2D eigenvalue weighted by molar-refractivity contribution is -0.137. The Balaban J connectivity index is 1.90. The van der Waals surface area contributed by atoms with Gasteiger partial charge in [0.25, 0.3) is 10.2 Å². The van der Waals surface area contributed by atoms with Crippen LogP contribution in [0.15, 0.2) is 0 Å². The first-order valence-electron chi connectivity index (χ1n) is 6.35. The average molecular weight is 276 g/mol. The molecular formula is C11H20N2O4S. The molecule has 0 saturated heterocycles. The van der Waals surface area contributed by atoms with Gasteiger partial charge in [-0.15, -0.1) is 0 Å². The maximum atomic E-state index is 12.0. The van der Waals surface area contributed by atoms with E-state index in [9.17, 15) is 13.2 Å². The molecule has 0 atom stereocenters. The van der Waals surface area contributed by atoms with Gasteiger partial charge in [0.15, 0.2) is 0 Å². The highest BCUT2D eigenvalue weighted by molar-refractivity contribution is 7.87. The summed E-state index contributed by atoms with van der Waals surface area (Å²) in [6.45, 7) is 0.00667. The lowest BCUT2D eigenvalue weighted by Crippen LogP contribution is -2.46. The predicted octanol–water partition coefficient (Wildman–Crippen LogP) is 0.416. The van der Waals surface area contributed by atoms with Crippen molar-refractivity contribution in [3.8, 4) is 0 Å². The topological polar surface area (TPSA) is 86.7 Å². The maximum absolute atomic E-state index is 12.0. The van der Waals surface area contributed by atoms with Crippen molar-refractivity contribution in [2.45, 2.75) is 38.1 Å². The van der Waals surface area contributed by atoms with Crippen LogP contribution in [0.1, 0.15) is 32.1 Å². The Kier molecular flexibility index (Phi) is 3.93. The molecule has 7 heteroatoms. The Bertz CT molecular complexity index is 403. The molecule has 0 spiro atoms. The molecule has 0 aliphatic heterocycles. The Labute approximate surface area is 108 Å². The predicted molar refractivity (Wildman–Crippen MR) is 66.2 cm³/mol. The number of hydrogen-bond acceptors (Lipinski definition) is 3. The number of carbonyl (C=O) groups is 1. The summed E-state index contributed by atoms with van der Waals surface area (Å²) in [4.78, 5) is 10.4. The van der Waals surface area contributed by atoms with E-state index in [1.165, 1.54) is 7.05 Å². The summed E-state index contributed by atoms with van der Waals surface area (Å²) >= 11 is 0. The summed E-state index contributed by atoms with van der Waals surface area (Å²) in [5, 5.41) is 8.56. The van der Waals surface area contributed by atoms with Gasteiger partial charge in [0.1, 0.15) is 0 Å². The second-order valence-corrected chi connectivity index (χ2v) is 7.10.